The van der Waals surface area contributed by atoms with Crippen molar-refractivity contribution in [3.05, 3.63) is 35.9 Å². The van der Waals surface area contributed by atoms with E-state index in [-0.39, 0.29) is 0 Å². The Bertz CT molecular complexity index is 298. The Labute approximate surface area is 87.0 Å². The van der Waals surface area contributed by atoms with Crippen molar-refractivity contribution in [2.45, 2.75) is 11.8 Å². The van der Waals surface area contributed by atoms with Crippen molar-refractivity contribution in [3.8, 4) is 0 Å². The number of carbonyl (C=O) groups is 1. The quantitative estimate of drug-likeness (QED) is 0.599. The van der Waals surface area contributed by atoms with Crippen molar-refractivity contribution in [1.82, 2.24) is 4.84 Å². The molecular formula is C9H9Cl2NO. The second-order valence-electron chi connectivity index (χ2n) is 2.79. The number of hydrogen-bond acceptors (Lipinski definition) is 1. The highest BCUT2D eigenvalue weighted by atomic mass is 35.5. The summed E-state index contributed by atoms with van der Waals surface area (Å²) >= 11 is 11.2. The Balaban J connectivity index is 3.00. The van der Waals surface area contributed by atoms with E-state index in [1.165, 1.54) is 0 Å². The van der Waals surface area contributed by atoms with Gasteiger partial charge in [0, 0.05) is 11.8 Å². The van der Waals surface area contributed by atoms with Crippen LogP contribution in [0.3, 0.4) is 0 Å². The molecule has 0 saturated heterocycles. The first-order valence-corrected chi connectivity index (χ1v) is 4.50. The average molecular weight is 218 g/mol. The number of amides is 1. The van der Waals surface area contributed by atoms with Crippen LogP contribution >= 0.6 is 23.4 Å². The van der Waals surface area contributed by atoms with Gasteiger partial charge in [0.15, 0.2) is 0 Å². The normalized spacial score (nSPS) is 14.7. The highest BCUT2D eigenvalue weighted by Gasteiger charge is 2.31. The average Bonchev–Trinajstić information content (AvgIpc) is 2.18. The second-order valence-corrected chi connectivity index (χ2v) is 3.74. The van der Waals surface area contributed by atoms with Gasteiger partial charge in [-0.05, 0) is 12.5 Å². The van der Waals surface area contributed by atoms with Crippen LogP contribution in [0.15, 0.2) is 30.3 Å². The minimum Gasteiger partial charge on any atom is -0.271 e. The Morgan fingerprint density at radius 2 is 1.92 bits per heavy atom. The van der Waals surface area contributed by atoms with Gasteiger partial charge in [0.25, 0.3) is 5.91 Å². The summed E-state index contributed by atoms with van der Waals surface area (Å²) in [5.41, 5.74) is 0.717. The van der Waals surface area contributed by atoms with Gasteiger partial charge in [-0.2, -0.15) is 0 Å². The zero-order valence-corrected chi connectivity index (χ0v) is 8.56. The molecule has 2 nitrogen and oxygen atoms in total. The van der Waals surface area contributed by atoms with E-state index in [4.69, 9.17) is 23.4 Å². The molecule has 4 heteroatoms. The molecule has 0 aliphatic rings. The van der Waals surface area contributed by atoms with Gasteiger partial charge in [0.05, 0.1) is 0 Å². The lowest BCUT2D eigenvalue weighted by atomic mass is 10.00. The van der Waals surface area contributed by atoms with E-state index in [0.29, 0.717) is 0 Å². The maximum Gasteiger partial charge on any atom is 0.259 e. The first kappa shape index (κ1) is 10.4. The molecule has 1 unspecified atom stereocenters. The molecule has 0 aliphatic heterocycles. The zero-order valence-electron chi connectivity index (χ0n) is 7.05. The summed E-state index contributed by atoms with van der Waals surface area (Å²) < 4.78 is 0. The van der Waals surface area contributed by atoms with Gasteiger partial charge < -0.3 is 0 Å². The monoisotopic (exact) mass is 217 g/mol. The number of rotatable bonds is 2. The van der Waals surface area contributed by atoms with Crippen molar-refractivity contribution in [1.29, 1.82) is 0 Å². The van der Waals surface area contributed by atoms with Crippen LogP contribution in [0.5, 0.6) is 0 Å². The molecule has 1 amide bonds. The summed E-state index contributed by atoms with van der Waals surface area (Å²) in [5.74, 6) is -0.429. The van der Waals surface area contributed by atoms with Gasteiger partial charge in [-0.25, -0.2) is 0 Å². The van der Waals surface area contributed by atoms with E-state index in [1.54, 1.807) is 19.1 Å². The first-order valence-electron chi connectivity index (χ1n) is 3.74. The molecule has 1 atom stereocenters. The van der Waals surface area contributed by atoms with E-state index < -0.39 is 10.8 Å². The highest BCUT2D eigenvalue weighted by molar-refractivity contribution is 6.37. The van der Waals surface area contributed by atoms with Gasteiger partial charge in [-0.1, -0.05) is 30.3 Å². The van der Waals surface area contributed by atoms with Gasteiger partial charge in [0.2, 0.25) is 0 Å². The van der Waals surface area contributed by atoms with Crippen LogP contribution < -0.4 is 4.84 Å². The maximum atomic E-state index is 11.3. The molecule has 0 aromatic heterocycles. The van der Waals surface area contributed by atoms with Gasteiger partial charge in [0.1, 0.15) is 4.87 Å². The molecule has 0 bridgehead atoms. The third kappa shape index (κ3) is 2.14. The summed E-state index contributed by atoms with van der Waals surface area (Å²) in [6.07, 6.45) is 0. The van der Waals surface area contributed by atoms with Crippen molar-refractivity contribution in [3.63, 3.8) is 0 Å². The number of nitrogens with one attached hydrogen (secondary N) is 1. The van der Waals surface area contributed by atoms with Crippen LogP contribution in [-0.2, 0) is 9.67 Å². The zero-order chi connectivity index (χ0) is 9.90. The Morgan fingerprint density at radius 1 is 1.38 bits per heavy atom. The minimum atomic E-state index is -1.11. The van der Waals surface area contributed by atoms with Crippen LogP contribution in [0.4, 0.5) is 0 Å². The predicted octanol–water partition coefficient (Wildman–Crippen LogP) is 2.41. The van der Waals surface area contributed by atoms with Gasteiger partial charge >= 0.3 is 0 Å². The SMILES string of the molecule is CC(Cl)(C(=O)NCl)c1ccccc1. The van der Waals surface area contributed by atoms with Crippen LogP contribution in [0.2, 0.25) is 0 Å². The molecule has 1 N–H and O–H groups in total. The molecule has 0 aliphatic carbocycles. The molecule has 1 aromatic carbocycles. The van der Waals surface area contributed by atoms with E-state index >= 15 is 0 Å². The third-order valence-corrected chi connectivity index (χ3v) is 2.39. The van der Waals surface area contributed by atoms with Crippen LogP contribution in [-0.4, -0.2) is 5.91 Å². The van der Waals surface area contributed by atoms with E-state index in [9.17, 15) is 4.79 Å². The van der Waals surface area contributed by atoms with E-state index in [0.717, 1.165) is 5.56 Å². The first-order chi connectivity index (χ1) is 6.09. The number of benzene rings is 1. The number of alkyl halides is 1. The number of carbonyl (C=O) groups excluding carboxylic acids is 1. The molecule has 0 saturated carbocycles. The fraction of sp³-hybridized carbons (Fsp3) is 0.222. The van der Waals surface area contributed by atoms with Gasteiger partial charge in [-0.3, -0.25) is 9.63 Å². The molecule has 70 valence electrons. The largest absolute Gasteiger partial charge is 0.271 e. The van der Waals surface area contributed by atoms with Crippen molar-refractivity contribution in [2.75, 3.05) is 0 Å². The molecule has 13 heavy (non-hydrogen) atoms. The highest BCUT2D eigenvalue weighted by Crippen LogP contribution is 2.28. The van der Waals surface area contributed by atoms with Crippen LogP contribution in [0.25, 0.3) is 0 Å². The standard InChI is InChI=1S/C9H9Cl2NO/c1-9(10,8(13)12-11)7-5-3-2-4-6-7/h2-6H,1H3,(H,12,13). The number of hydrogen-bond donors (Lipinski definition) is 1. The van der Waals surface area contributed by atoms with Crippen LogP contribution in [0.1, 0.15) is 12.5 Å². The summed E-state index contributed by atoms with van der Waals surface area (Å²) in [6.45, 7) is 1.60. The molecule has 0 heterocycles. The van der Waals surface area contributed by atoms with Crippen molar-refractivity contribution < 1.29 is 4.79 Å². The summed E-state index contributed by atoms with van der Waals surface area (Å²) in [6, 6.07) is 9.04. The Morgan fingerprint density at radius 3 is 2.38 bits per heavy atom. The lowest BCUT2D eigenvalue weighted by Gasteiger charge is -2.19. The Kier molecular flexibility index (Phi) is 3.17. The third-order valence-electron chi connectivity index (χ3n) is 1.83. The van der Waals surface area contributed by atoms with E-state index in [1.807, 2.05) is 23.0 Å². The fourth-order valence-electron chi connectivity index (χ4n) is 0.971. The predicted molar refractivity (Wildman–Crippen MR) is 53.6 cm³/mol. The summed E-state index contributed by atoms with van der Waals surface area (Å²) in [5, 5.41) is 0. The molecule has 0 spiro atoms. The lowest BCUT2D eigenvalue weighted by molar-refractivity contribution is -0.121. The molecule has 0 radical (unpaired) electrons. The lowest BCUT2D eigenvalue weighted by Crippen LogP contribution is -2.33. The minimum absolute atomic E-state index is 0.429. The van der Waals surface area contributed by atoms with Crippen LogP contribution in [0, 0.1) is 0 Å². The molecule has 1 aromatic rings. The maximum absolute atomic E-state index is 11.3. The Hall–Kier alpha value is -0.730. The molecule has 1 rings (SSSR count). The summed E-state index contributed by atoms with van der Waals surface area (Å²) in [7, 11) is 0. The smallest absolute Gasteiger partial charge is 0.259 e. The summed E-state index contributed by atoms with van der Waals surface area (Å²) in [4.78, 5) is 12.2. The topological polar surface area (TPSA) is 29.1 Å². The molecular weight excluding hydrogens is 209 g/mol. The van der Waals surface area contributed by atoms with Crippen molar-refractivity contribution in [2.24, 2.45) is 0 Å². The van der Waals surface area contributed by atoms with E-state index in [2.05, 4.69) is 0 Å². The van der Waals surface area contributed by atoms with Gasteiger partial charge in [-0.15, -0.1) is 11.6 Å². The second kappa shape index (κ2) is 3.99. The number of halogens is 2. The molecule has 0 fully saturated rings. The van der Waals surface area contributed by atoms with Crippen molar-refractivity contribution >= 4 is 29.3 Å². The fourth-order valence-corrected chi connectivity index (χ4v) is 1.38.